The summed E-state index contributed by atoms with van der Waals surface area (Å²) in [6, 6.07) is 15.1. The molecule has 24 heavy (non-hydrogen) atoms. The first-order valence-electron chi connectivity index (χ1n) is 7.79. The van der Waals surface area contributed by atoms with Crippen molar-refractivity contribution < 1.29 is 14.3 Å². The third-order valence-corrected chi connectivity index (χ3v) is 4.03. The second kappa shape index (κ2) is 9.23. The Morgan fingerprint density at radius 3 is 2.38 bits per heavy atom. The van der Waals surface area contributed by atoms with Crippen LogP contribution in [-0.2, 0) is 16.0 Å². The third-order valence-electron chi connectivity index (χ3n) is 3.50. The molecule has 0 fully saturated rings. The van der Waals surface area contributed by atoms with Crippen molar-refractivity contribution in [2.45, 2.75) is 19.8 Å². The Morgan fingerprint density at radius 1 is 1.04 bits per heavy atom. The maximum atomic E-state index is 11.8. The minimum atomic E-state index is -0.392. The summed E-state index contributed by atoms with van der Waals surface area (Å²) in [5, 5.41) is 2.76. The van der Waals surface area contributed by atoms with Crippen LogP contribution >= 0.6 is 15.9 Å². The van der Waals surface area contributed by atoms with E-state index in [0.29, 0.717) is 24.9 Å². The van der Waals surface area contributed by atoms with Gasteiger partial charge < -0.3 is 10.1 Å². The molecular weight excluding hydrogens is 370 g/mol. The lowest BCUT2D eigenvalue weighted by Crippen LogP contribution is -2.28. The highest BCUT2D eigenvalue weighted by atomic mass is 79.9. The predicted molar refractivity (Wildman–Crippen MR) is 96.9 cm³/mol. The van der Waals surface area contributed by atoms with E-state index in [2.05, 4.69) is 21.2 Å². The number of hydrogen-bond donors (Lipinski definition) is 1. The van der Waals surface area contributed by atoms with Crippen LogP contribution in [0.3, 0.4) is 0 Å². The number of amides is 1. The highest BCUT2D eigenvalue weighted by Crippen LogP contribution is 2.11. The van der Waals surface area contributed by atoms with Crippen LogP contribution in [-0.4, -0.2) is 25.0 Å². The fraction of sp³-hybridized carbons (Fsp3) is 0.263. The molecule has 126 valence electrons. The van der Waals surface area contributed by atoms with E-state index in [1.165, 1.54) is 5.56 Å². The Hall–Kier alpha value is -2.14. The van der Waals surface area contributed by atoms with Gasteiger partial charge >= 0.3 is 5.97 Å². The lowest BCUT2D eigenvalue weighted by Gasteiger charge is -2.07. The van der Waals surface area contributed by atoms with Crippen molar-refractivity contribution in [3.8, 4) is 0 Å². The molecule has 0 unspecified atom stereocenters. The summed E-state index contributed by atoms with van der Waals surface area (Å²) in [6.45, 7) is 2.51. The van der Waals surface area contributed by atoms with Crippen molar-refractivity contribution >= 4 is 27.8 Å². The molecule has 0 aromatic heterocycles. The molecule has 0 aliphatic heterocycles. The molecule has 0 saturated heterocycles. The third kappa shape index (κ3) is 6.16. The van der Waals surface area contributed by atoms with Gasteiger partial charge in [-0.3, -0.25) is 4.79 Å². The smallest absolute Gasteiger partial charge is 0.338 e. The highest BCUT2D eigenvalue weighted by Gasteiger charge is 2.07. The highest BCUT2D eigenvalue weighted by molar-refractivity contribution is 9.10. The van der Waals surface area contributed by atoms with Crippen molar-refractivity contribution in [3.05, 3.63) is 69.7 Å². The standard InChI is InChI=1S/C19H20BrNO3/c1-14-2-4-15(5-3-14)6-11-18(22)21-12-13-24-19(23)16-7-9-17(20)10-8-16/h2-5,7-10H,6,11-13H2,1H3,(H,21,22). The Morgan fingerprint density at radius 2 is 1.71 bits per heavy atom. The maximum Gasteiger partial charge on any atom is 0.338 e. The van der Waals surface area contributed by atoms with E-state index in [0.717, 1.165) is 10.0 Å². The number of benzene rings is 2. The molecule has 0 spiro atoms. The van der Waals surface area contributed by atoms with Gasteiger partial charge in [0.2, 0.25) is 5.91 Å². The number of carbonyl (C=O) groups excluding carboxylic acids is 2. The molecule has 0 heterocycles. The average molecular weight is 390 g/mol. The topological polar surface area (TPSA) is 55.4 Å². The first-order valence-corrected chi connectivity index (χ1v) is 8.59. The number of esters is 1. The lowest BCUT2D eigenvalue weighted by molar-refractivity contribution is -0.121. The minimum absolute atomic E-state index is 0.0461. The van der Waals surface area contributed by atoms with Crippen molar-refractivity contribution in [2.24, 2.45) is 0 Å². The van der Waals surface area contributed by atoms with Gasteiger partial charge in [-0.2, -0.15) is 0 Å². The Labute approximate surface area is 150 Å². The SMILES string of the molecule is Cc1ccc(CCC(=O)NCCOC(=O)c2ccc(Br)cc2)cc1. The van der Waals surface area contributed by atoms with Crippen LogP contribution in [0.25, 0.3) is 0 Å². The molecule has 0 aliphatic rings. The van der Waals surface area contributed by atoms with Crippen LogP contribution < -0.4 is 5.32 Å². The Bertz CT molecular complexity index is 681. The number of nitrogens with one attached hydrogen (secondary N) is 1. The number of ether oxygens (including phenoxy) is 1. The van der Waals surface area contributed by atoms with Crippen molar-refractivity contribution in [3.63, 3.8) is 0 Å². The summed E-state index contributed by atoms with van der Waals surface area (Å²) in [7, 11) is 0. The van der Waals surface area contributed by atoms with E-state index in [-0.39, 0.29) is 12.5 Å². The number of carbonyl (C=O) groups is 2. The second-order valence-corrected chi connectivity index (χ2v) is 6.39. The van der Waals surface area contributed by atoms with E-state index in [4.69, 9.17) is 4.74 Å². The van der Waals surface area contributed by atoms with Gasteiger partial charge in [0.25, 0.3) is 0 Å². The lowest BCUT2D eigenvalue weighted by atomic mass is 10.1. The van der Waals surface area contributed by atoms with Gasteiger partial charge in [-0.25, -0.2) is 4.79 Å². The van der Waals surface area contributed by atoms with Crippen molar-refractivity contribution in [1.82, 2.24) is 5.32 Å². The van der Waals surface area contributed by atoms with Gasteiger partial charge in [0.05, 0.1) is 12.1 Å². The van der Waals surface area contributed by atoms with Crippen LogP contribution in [0.5, 0.6) is 0 Å². The summed E-state index contributed by atoms with van der Waals surface area (Å²) in [5.74, 6) is -0.438. The molecule has 2 aromatic rings. The number of hydrogen-bond acceptors (Lipinski definition) is 3. The van der Waals surface area contributed by atoms with Gasteiger partial charge in [0.15, 0.2) is 0 Å². The molecule has 1 N–H and O–H groups in total. The monoisotopic (exact) mass is 389 g/mol. The van der Waals surface area contributed by atoms with Gasteiger partial charge in [-0.05, 0) is 43.2 Å². The molecule has 0 atom stereocenters. The molecule has 0 saturated carbocycles. The molecular formula is C19H20BrNO3. The Kier molecular flexibility index (Phi) is 7.00. The van der Waals surface area contributed by atoms with E-state index >= 15 is 0 Å². The van der Waals surface area contributed by atoms with E-state index in [9.17, 15) is 9.59 Å². The quantitative estimate of drug-likeness (QED) is 0.580. The summed E-state index contributed by atoms with van der Waals surface area (Å²) in [6.07, 6.45) is 1.12. The average Bonchev–Trinajstić information content (AvgIpc) is 2.58. The van der Waals surface area contributed by atoms with E-state index < -0.39 is 5.97 Å². The van der Waals surface area contributed by atoms with Crippen LogP contribution in [0.2, 0.25) is 0 Å². The molecule has 0 aliphatic carbocycles. The number of aryl methyl sites for hydroxylation is 2. The maximum absolute atomic E-state index is 11.8. The van der Waals surface area contributed by atoms with Gasteiger partial charge in [-0.15, -0.1) is 0 Å². The van der Waals surface area contributed by atoms with E-state index in [1.54, 1.807) is 24.3 Å². The van der Waals surface area contributed by atoms with E-state index in [1.807, 2.05) is 31.2 Å². The van der Waals surface area contributed by atoms with Gasteiger partial charge in [0.1, 0.15) is 6.61 Å². The predicted octanol–water partition coefficient (Wildman–Crippen LogP) is 3.66. The molecule has 2 aromatic carbocycles. The molecule has 0 radical (unpaired) electrons. The van der Waals surface area contributed by atoms with Gasteiger partial charge in [0, 0.05) is 10.9 Å². The zero-order valence-electron chi connectivity index (χ0n) is 13.5. The van der Waals surface area contributed by atoms with Crippen LogP contribution in [0.4, 0.5) is 0 Å². The zero-order valence-corrected chi connectivity index (χ0v) is 15.1. The first kappa shape index (κ1) is 18.2. The second-order valence-electron chi connectivity index (χ2n) is 5.48. The number of halogens is 1. The summed E-state index contributed by atoms with van der Waals surface area (Å²) >= 11 is 3.31. The summed E-state index contributed by atoms with van der Waals surface area (Å²) < 4.78 is 6.03. The van der Waals surface area contributed by atoms with Gasteiger partial charge in [-0.1, -0.05) is 45.8 Å². The molecule has 0 bridgehead atoms. The van der Waals surface area contributed by atoms with Crippen LogP contribution in [0, 0.1) is 6.92 Å². The van der Waals surface area contributed by atoms with Crippen molar-refractivity contribution in [1.29, 1.82) is 0 Å². The van der Waals surface area contributed by atoms with Crippen LogP contribution in [0.15, 0.2) is 53.0 Å². The largest absolute Gasteiger partial charge is 0.460 e. The Balaban J connectivity index is 1.63. The molecule has 5 heteroatoms. The minimum Gasteiger partial charge on any atom is -0.460 e. The van der Waals surface area contributed by atoms with Crippen molar-refractivity contribution in [2.75, 3.05) is 13.2 Å². The first-order chi connectivity index (χ1) is 11.5. The molecule has 4 nitrogen and oxygen atoms in total. The number of rotatable bonds is 7. The van der Waals surface area contributed by atoms with Crippen LogP contribution in [0.1, 0.15) is 27.9 Å². The fourth-order valence-corrected chi connectivity index (χ4v) is 2.37. The molecule has 1 amide bonds. The zero-order chi connectivity index (χ0) is 17.4. The molecule has 2 rings (SSSR count). The normalized spacial score (nSPS) is 10.2. The summed E-state index contributed by atoms with van der Waals surface area (Å²) in [5.41, 5.74) is 2.83. The summed E-state index contributed by atoms with van der Waals surface area (Å²) in [4.78, 5) is 23.6. The fourth-order valence-electron chi connectivity index (χ4n) is 2.10.